The Labute approximate surface area is 117 Å². The van der Waals surface area contributed by atoms with Crippen molar-refractivity contribution >= 4 is 17.2 Å². The van der Waals surface area contributed by atoms with Crippen molar-refractivity contribution in [3.63, 3.8) is 0 Å². The van der Waals surface area contributed by atoms with Crippen LogP contribution in [0.3, 0.4) is 0 Å². The number of hydrogen-bond donors (Lipinski definition) is 0. The van der Waals surface area contributed by atoms with Crippen molar-refractivity contribution in [1.29, 1.82) is 0 Å². The number of fused-ring (bicyclic) bond motifs is 1. The van der Waals surface area contributed by atoms with Gasteiger partial charge in [0.1, 0.15) is 0 Å². The van der Waals surface area contributed by atoms with Gasteiger partial charge in [0, 0.05) is 23.5 Å². The van der Waals surface area contributed by atoms with Crippen LogP contribution in [0.5, 0.6) is 0 Å². The number of hydrogen-bond acceptors (Lipinski definition) is 2. The van der Waals surface area contributed by atoms with Crippen molar-refractivity contribution in [2.24, 2.45) is 0 Å². The van der Waals surface area contributed by atoms with Crippen LogP contribution >= 0.6 is 11.3 Å². The molecule has 1 amide bonds. The quantitative estimate of drug-likeness (QED) is 0.776. The third kappa shape index (κ3) is 2.30. The van der Waals surface area contributed by atoms with Gasteiger partial charge in [-0.25, -0.2) is 0 Å². The highest BCUT2D eigenvalue weighted by Crippen LogP contribution is 2.25. The molecular weight excluding hydrogens is 254 g/mol. The van der Waals surface area contributed by atoms with Crippen LogP contribution in [0.4, 0.5) is 0 Å². The first-order valence-corrected chi connectivity index (χ1v) is 7.45. The van der Waals surface area contributed by atoms with Crippen molar-refractivity contribution < 1.29 is 4.79 Å². The molecule has 0 saturated carbocycles. The molecule has 0 aliphatic carbocycles. The van der Waals surface area contributed by atoms with Crippen LogP contribution in [0.25, 0.3) is 0 Å². The average molecular weight is 271 g/mol. The van der Waals surface area contributed by atoms with Gasteiger partial charge in [0.25, 0.3) is 5.91 Å². The van der Waals surface area contributed by atoms with Crippen molar-refractivity contribution in [3.05, 3.63) is 56.8 Å². The second-order valence-electron chi connectivity index (χ2n) is 5.14. The molecular formula is C16H17NOS. The molecule has 0 unspecified atom stereocenters. The van der Waals surface area contributed by atoms with Gasteiger partial charge in [-0.1, -0.05) is 6.07 Å². The topological polar surface area (TPSA) is 20.3 Å². The molecule has 1 aliphatic heterocycles. The molecule has 98 valence electrons. The molecule has 3 rings (SSSR count). The van der Waals surface area contributed by atoms with Crippen LogP contribution in [0, 0.1) is 13.8 Å². The zero-order valence-electron chi connectivity index (χ0n) is 11.3. The normalized spacial score (nSPS) is 14.3. The molecule has 0 spiro atoms. The van der Waals surface area contributed by atoms with Crippen LogP contribution in [0.15, 0.2) is 29.6 Å². The summed E-state index contributed by atoms with van der Waals surface area (Å²) >= 11 is 1.80. The van der Waals surface area contributed by atoms with Crippen molar-refractivity contribution in [2.45, 2.75) is 26.8 Å². The summed E-state index contributed by atoms with van der Waals surface area (Å²) in [5.74, 6) is 0.153. The highest BCUT2D eigenvalue weighted by Gasteiger charge is 2.22. The maximum atomic E-state index is 12.5. The molecule has 1 aromatic heterocycles. The number of amides is 1. The number of carbonyl (C=O) groups is 1. The number of nitrogens with zero attached hydrogens (tertiary/aromatic N) is 1. The molecule has 0 saturated heterocycles. The van der Waals surface area contributed by atoms with Gasteiger partial charge < -0.3 is 4.90 Å². The SMILES string of the molecule is Cc1ccc(C(=O)N2CCc3sccc3C2)cc1C. The molecule has 19 heavy (non-hydrogen) atoms. The van der Waals surface area contributed by atoms with Crippen LogP contribution in [0.1, 0.15) is 31.9 Å². The first kappa shape index (κ1) is 12.4. The lowest BCUT2D eigenvalue weighted by Crippen LogP contribution is -2.35. The first-order valence-electron chi connectivity index (χ1n) is 6.57. The summed E-state index contributed by atoms with van der Waals surface area (Å²) < 4.78 is 0. The van der Waals surface area contributed by atoms with Crippen molar-refractivity contribution in [2.75, 3.05) is 6.54 Å². The van der Waals surface area contributed by atoms with E-state index in [9.17, 15) is 4.79 Å². The Morgan fingerprint density at radius 2 is 2.05 bits per heavy atom. The summed E-state index contributed by atoms with van der Waals surface area (Å²) in [6.45, 7) is 5.71. The Bertz CT molecular complexity index is 629. The third-order valence-corrected chi connectivity index (χ3v) is 4.87. The minimum atomic E-state index is 0.153. The largest absolute Gasteiger partial charge is 0.334 e. The fourth-order valence-corrected chi connectivity index (χ4v) is 3.37. The monoisotopic (exact) mass is 271 g/mol. The second-order valence-corrected chi connectivity index (χ2v) is 6.15. The molecule has 0 atom stereocenters. The highest BCUT2D eigenvalue weighted by molar-refractivity contribution is 7.10. The summed E-state index contributed by atoms with van der Waals surface area (Å²) in [6, 6.07) is 8.11. The lowest BCUT2D eigenvalue weighted by Gasteiger charge is -2.27. The zero-order chi connectivity index (χ0) is 13.4. The number of carbonyl (C=O) groups excluding carboxylic acids is 1. The zero-order valence-corrected chi connectivity index (χ0v) is 12.1. The molecule has 0 bridgehead atoms. The van der Waals surface area contributed by atoms with E-state index in [4.69, 9.17) is 0 Å². The van der Waals surface area contributed by atoms with Gasteiger partial charge in [0.05, 0.1) is 0 Å². The average Bonchev–Trinajstić information content (AvgIpc) is 2.88. The predicted octanol–water partition coefficient (Wildman–Crippen LogP) is 3.56. The highest BCUT2D eigenvalue weighted by atomic mass is 32.1. The van der Waals surface area contributed by atoms with E-state index in [0.717, 1.165) is 25.1 Å². The van der Waals surface area contributed by atoms with Gasteiger partial charge in [-0.05, 0) is 60.5 Å². The van der Waals surface area contributed by atoms with Gasteiger partial charge in [-0.15, -0.1) is 11.3 Å². The van der Waals surface area contributed by atoms with Crippen LogP contribution < -0.4 is 0 Å². The van der Waals surface area contributed by atoms with Crippen LogP contribution in [-0.4, -0.2) is 17.4 Å². The van der Waals surface area contributed by atoms with E-state index in [2.05, 4.69) is 25.3 Å². The van der Waals surface area contributed by atoms with Crippen LogP contribution in [-0.2, 0) is 13.0 Å². The molecule has 2 aromatic rings. The Hall–Kier alpha value is -1.61. The second kappa shape index (κ2) is 4.82. The van der Waals surface area contributed by atoms with E-state index < -0.39 is 0 Å². The van der Waals surface area contributed by atoms with Gasteiger partial charge in [-0.3, -0.25) is 4.79 Å². The summed E-state index contributed by atoms with van der Waals surface area (Å²) in [7, 11) is 0. The van der Waals surface area contributed by atoms with Gasteiger partial charge >= 0.3 is 0 Å². The van der Waals surface area contributed by atoms with Crippen LogP contribution in [0.2, 0.25) is 0 Å². The Morgan fingerprint density at radius 1 is 1.21 bits per heavy atom. The summed E-state index contributed by atoms with van der Waals surface area (Å²) in [5, 5.41) is 2.12. The third-order valence-electron chi connectivity index (χ3n) is 3.85. The number of aryl methyl sites for hydroxylation is 2. The molecule has 3 heteroatoms. The fourth-order valence-electron chi connectivity index (χ4n) is 2.48. The minimum Gasteiger partial charge on any atom is -0.334 e. The smallest absolute Gasteiger partial charge is 0.254 e. The lowest BCUT2D eigenvalue weighted by molar-refractivity contribution is 0.0736. The molecule has 2 heterocycles. The number of thiophene rings is 1. The van der Waals surface area contributed by atoms with Gasteiger partial charge in [0.15, 0.2) is 0 Å². The Kier molecular flexibility index (Phi) is 3.15. The molecule has 0 fully saturated rings. The van der Waals surface area contributed by atoms with Gasteiger partial charge in [0.2, 0.25) is 0 Å². The van der Waals surface area contributed by atoms with E-state index in [1.807, 2.05) is 23.1 Å². The molecule has 0 N–H and O–H groups in total. The standard InChI is InChI=1S/C16H17NOS/c1-11-3-4-13(9-12(11)2)16(18)17-7-5-15-14(10-17)6-8-19-15/h3-4,6,8-9H,5,7,10H2,1-2H3. The van der Waals surface area contributed by atoms with E-state index >= 15 is 0 Å². The van der Waals surface area contributed by atoms with E-state index in [1.165, 1.54) is 21.6 Å². The van der Waals surface area contributed by atoms with E-state index in [1.54, 1.807) is 11.3 Å². The van der Waals surface area contributed by atoms with E-state index in [0.29, 0.717) is 0 Å². The summed E-state index contributed by atoms with van der Waals surface area (Å²) in [6.07, 6.45) is 0.990. The first-order chi connectivity index (χ1) is 9.15. The number of benzene rings is 1. The Balaban J connectivity index is 1.83. The molecule has 0 radical (unpaired) electrons. The maximum Gasteiger partial charge on any atom is 0.254 e. The van der Waals surface area contributed by atoms with Crippen molar-refractivity contribution in [3.8, 4) is 0 Å². The van der Waals surface area contributed by atoms with E-state index in [-0.39, 0.29) is 5.91 Å². The lowest BCUT2D eigenvalue weighted by atomic mass is 10.0. The maximum absolute atomic E-state index is 12.5. The summed E-state index contributed by atoms with van der Waals surface area (Å²) in [5.41, 5.74) is 4.53. The molecule has 1 aliphatic rings. The molecule has 1 aromatic carbocycles. The summed E-state index contributed by atoms with van der Waals surface area (Å²) in [4.78, 5) is 15.9. The Morgan fingerprint density at radius 3 is 2.84 bits per heavy atom. The van der Waals surface area contributed by atoms with Crippen molar-refractivity contribution in [1.82, 2.24) is 4.90 Å². The predicted molar refractivity (Wildman–Crippen MR) is 78.7 cm³/mol. The number of rotatable bonds is 1. The minimum absolute atomic E-state index is 0.153. The fraction of sp³-hybridized carbons (Fsp3) is 0.312. The van der Waals surface area contributed by atoms with Gasteiger partial charge in [-0.2, -0.15) is 0 Å². The molecule has 2 nitrogen and oxygen atoms in total.